The van der Waals surface area contributed by atoms with Crippen molar-refractivity contribution >= 4 is 0 Å². The van der Waals surface area contributed by atoms with Crippen molar-refractivity contribution in [1.29, 1.82) is 0 Å². The molecule has 0 N–H and O–H groups in total. The molecule has 0 amide bonds. The van der Waals surface area contributed by atoms with E-state index in [2.05, 4.69) is 0 Å². The minimum absolute atomic E-state index is 0.464. The van der Waals surface area contributed by atoms with Crippen LogP contribution in [0.4, 0.5) is 0 Å². The third kappa shape index (κ3) is 2.85. The molecule has 7 nitrogen and oxygen atoms in total. The van der Waals surface area contributed by atoms with Gasteiger partial charge in [0.15, 0.2) is 6.10 Å². The van der Waals surface area contributed by atoms with Crippen LogP contribution in [0.5, 0.6) is 5.75 Å². The Labute approximate surface area is 131 Å². The summed E-state index contributed by atoms with van der Waals surface area (Å²) in [4.78, 5) is 21.7. The molecule has 0 unspecified atom stereocenters. The minimum atomic E-state index is -1.21. The van der Waals surface area contributed by atoms with Crippen LogP contribution in [0, 0.1) is 20.2 Å². The van der Waals surface area contributed by atoms with Crippen molar-refractivity contribution < 1.29 is 14.6 Å². The third-order valence-electron chi connectivity index (χ3n) is 4.01. The first-order chi connectivity index (χ1) is 11.1. The smallest absolute Gasteiger partial charge is 0.266 e. The highest BCUT2D eigenvalue weighted by molar-refractivity contribution is 5.41. The maximum Gasteiger partial charge on any atom is 0.266 e. The van der Waals surface area contributed by atoms with E-state index in [1.54, 1.807) is 54.6 Å². The highest BCUT2D eigenvalue weighted by Crippen LogP contribution is 2.43. The predicted molar refractivity (Wildman–Crippen MR) is 81.6 cm³/mol. The van der Waals surface area contributed by atoms with Crippen LogP contribution in [0.3, 0.4) is 0 Å². The first-order valence-corrected chi connectivity index (χ1v) is 7.13. The SMILES string of the molecule is O=[N+]([O-])C[C@@H]1c2ccccc2O[C@@H](c2ccccc2)[C@H]1[N+](=O)[O-]. The van der Waals surface area contributed by atoms with Gasteiger partial charge in [-0.3, -0.25) is 20.2 Å². The minimum Gasteiger partial charge on any atom is -0.478 e. The Morgan fingerprint density at radius 3 is 2.26 bits per heavy atom. The lowest BCUT2D eigenvalue weighted by Gasteiger charge is -2.33. The average Bonchev–Trinajstić information content (AvgIpc) is 2.54. The van der Waals surface area contributed by atoms with Crippen LogP contribution < -0.4 is 4.74 Å². The standard InChI is InChI=1S/C16H14N2O5/c19-17(20)10-13-12-8-4-5-9-14(12)23-16(15(13)18(21)22)11-6-2-1-3-7-11/h1-9,13,15-16H,10H2/t13-,15+,16+/m1/s1. The van der Waals surface area contributed by atoms with Gasteiger partial charge in [0, 0.05) is 15.4 Å². The summed E-state index contributed by atoms with van der Waals surface area (Å²) in [5.74, 6) is -0.374. The second kappa shape index (κ2) is 6.04. The molecule has 23 heavy (non-hydrogen) atoms. The first kappa shape index (κ1) is 15.0. The van der Waals surface area contributed by atoms with E-state index >= 15 is 0 Å². The molecule has 0 aliphatic carbocycles. The summed E-state index contributed by atoms with van der Waals surface area (Å²) in [5, 5.41) is 22.7. The highest BCUT2D eigenvalue weighted by atomic mass is 16.6. The van der Waals surface area contributed by atoms with Crippen molar-refractivity contribution in [3.63, 3.8) is 0 Å². The van der Waals surface area contributed by atoms with E-state index in [0.29, 0.717) is 16.9 Å². The van der Waals surface area contributed by atoms with Gasteiger partial charge >= 0.3 is 0 Å². The Morgan fingerprint density at radius 2 is 1.61 bits per heavy atom. The fourth-order valence-electron chi connectivity index (χ4n) is 3.03. The Hall–Kier alpha value is -2.96. The van der Waals surface area contributed by atoms with Crippen LogP contribution >= 0.6 is 0 Å². The van der Waals surface area contributed by atoms with Crippen LogP contribution in [0.1, 0.15) is 23.1 Å². The normalized spacial score (nSPS) is 22.7. The zero-order valence-electron chi connectivity index (χ0n) is 12.1. The molecular weight excluding hydrogens is 300 g/mol. The Kier molecular flexibility index (Phi) is 3.92. The number of ether oxygens (including phenoxy) is 1. The Bertz CT molecular complexity index is 734. The molecular formula is C16H14N2O5. The van der Waals surface area contributed by atoms with Crippen LogP contribution in [-0.2, 0) is 0 Å². The van der Waals surface area contributed by atoms with E-state index in [-0.39, 0.29) is 0 Å². The summed E-state index contributed by atoms with van der Waals surface area (Å²) in [7, 11) is 0. The Morgan fingerprint density at radius 1 is 0.957 bits per heavy atom. The second-order valence-electron chi connectivity index (χ2n) is 5.38. The molecule has 0 fully saturated rings. The zero-order valence-corrected chi connectivity index (χ0v) is 12.1. The second-order valence-corrected chi connectivity index (χ2v) is 5.38. The van der Waals surface area contributed by atoms with Crippen molar-refractivity contribution in [3.05, 3.63) is 86.0 Å². The molecule has 3 rings (SSSR count). The maximum absolute atomic E-state index is 11.6. The molecule has 1 aliphatic rings. The van der Waals surface area contributed by atoms with E-state index in [1.165, 1.54) is 0 Å². The van der Waals surface area contributed by atoms with Crippen LogP contribution in [-0.4, -0.2) is 22.4 Å². The van der Waals surface area contributed by atoms with Gasteiger partial charge < -0.3 is 4.74 Å². The fourth-order valence-corrected chi connectivity index (χ4v) is 3.03. The van der Waals surface area contributed by atoms with Gasteiger partial charge in [0.1, 0.15) is 11.7 Å². The predicted octanol–water partition coefficient (Wildman–Crippen LogP) is 2.83. The van der Waals surface area contributed by atoms with E-state index < -0.39 is 34.5 Å². The highest BCUT2D eigenvalue weighted by Gasteiger charge is 2.49. The molecule has 0 saturated carbocycles. The third-order valence-corrected chi connectivity index (χ3v) is 4.01. The number of hydrogen-bond donors (Lipinski definition) is 0. The lowest BCUT2D eigenvalue weighted by atomic mass is 9.83. The molecule has 2 aromatic carbocycles. The summed E-state index contributed by atoms with van der Waals surface area (Å²) in [6, 6.07) is 14.4. The number of rotatable bonds is 4. The van der Waals surface area contributed by atoms with Gasteiger partial charge in [-0.05, 0) is 11.6 Å². The van der Waals surface area contributed by atoms with Gasteiger partial charge in [0.05, 0.1) is 0 Å². The van der Waals surface area contributed by atoms with E-state index in [9.17, 15) is 20.2 Å². The number of para-hydroxylation sites is 1. The first-order valence-electron chi connectivity index (χ1n) is 7.13. The molecule has 1 heterocycles. The maximum atomic E-state index is 11.6. The molecule has 7 heteroatoms. The average molecular weight is 314 g/mol. The lowest BCUT2D eigenvalue weighted by molar-refractivity contribution is -0.558. The number of nitro groups is 2. The van der Waals surface area contributed by atoms with Crippen molar-refractivity contribution in [2.75, 3.05) is 6.54 Å². The number of benzene rings is 2. The molecule has 0 bridgehead atoms. The summed E-state index contributed by atoms with van der Waals surface area (Å²) in [6.45, 7) is -0.505. The largest absolute Gasteiger partial charge is 0.478 e. The van der Waals surface area contributed by atoms with Crippen molar-refractivity contribution in [3.8, 4) is 5.75 Å². The Balaban J connectivity index is 2.11. The number of hydrogen-bond acceptors (Lipinski definition) is 5. The van der Waals surface area contributed by atoms with E-state index in [1.807, 2.05) is 0 Å². The molecule has 0 radical (unpaired) electrons. The number of fused-ring (bicyclic) bond motifs is 1. The van der Waals surface area contributed by atoms with Crippen molar-refractivity contribution in [2.45, 2.75) is 18.1 Å². The topological polar surface area (TPSA) is 95.5 Å². The summed E-state index contributed by atoms with van der Waals surface area (Å²) < 4.78 is 5.84. The summed E-state index contributed by atoms with van der Waals surface area (Å²) in [5.41, 5.74) is 1.15. The molecule has 0 saturated heterocycles. The van der Waals surface area contributed by atoms with Gasteiger partial charge in [0.25, 0.3) is 6.04 Å². The molecule has 3 atom stereocenters. The van der Waals surface area contributed by atoms with Crippen LogP contribution in [0.25, 0.3) is 0 Å². The monoisotopic (exact) mass is 314 g/mol. The van der Waals surface area contributed by atoms with Gasteiger partial charge in [-0.2, -0.15) is 0 Å². The van der Waals surface area contributed by atoms with Crippen LogP contribution in [0.2, 0.25) is 0 Å². The van der Waals surface area contributed by atoms with Gasteiger partial charge in [-0.1, -0.05) is 48.5 Å². The summed E-state index contributed by atoms with van der Waals surface area (Å²) in [6.07, 6.45) is -0.856. The summed E-state index contributed by atoms with van der Waals surface area (Å²) >= 11 is 0. The van der Waals surface area contributed by atoms with Gasteiger partial charge in [0.2, 0.25) is 6.54 Å². The molecule has 118 valence electrons. The molecule has 2 aromatic rings. The van der Waals surface area contributed by atoms with Crippen LogP contribution in [0.15, 0.2) is 54.6 Å². The molecule has 0 aromatic heterocycles. The quantitative estimate of drug-likeness (QED) is 0.638. The van der Waals surface area contributed by atoms with Crippen molar-refractivity contribution in [2.24, 2.45) is 0 Å². The van der Waals surface area contributed by atoms with E-state index in [4.69, 9.17) is 4.74 Å². The van der Waals surface area contributed by atoms with Crippen molar-refractivity contribution in [1.82, 2.24) is 0 Å². The zero-order chi connectivity index (χ0) is 16.4. The van der Waals surface area contributed by atoms with Gasteiger partial charge in [-0.25, -0.2) is 0 Å². The molecule has 1 aliphatic heterocycles. The fraction of sp³-hybridized carbons (Fsp3) is 0.250. The lowest BCUT2D eigenvalue weighted by Crippen LogP contribution is -2.42. The molecule has 0 spiro atoms. The number of nitrogens with zero attached hydrogens (tertiary/aromatic N) is 2. The van der Waals surface area contributed by atoms with Gasteiger partial charge in [-0.15, -0.1) is 0 Å². The van der Waals surface area contributed by atoms with E-state index in [0.717, 1.165) is 0 Å².